The molecule has 0 bridgehead atoms. The zero-order valence-electron chi connectivity index (χ0n) is 17.5. The predicted molar refractivity (Wildman–Crippen MR) is 114 cm³/mol. The molecule has 6 nitrogen and oxygen atoms in total. The highest BCUT2D eigenvalue weighted by molar-refractivity contribution is 5.95. The van der Waals surface area contributed by atoms with Crippen molar-refractivity contribution >= 4 is 11.8 Å². The lowest BCUT2D eigenvalue weighted by molar-refractivity contribution is -0.139. The predicted octanol–water partition coefficient (Wildman–Crippen LogP) is 2.72. The molecule has 0 saturated carbocycles. The van der Waals surface area contributed by atoms with Crippen molar-refractivity contribution in [2.45, 2.75) is 12.8 Å². The highest BCUT2D eigenvalue weighted by Crippen LogP contribution is 2.36. The lowest BCUT2D eigenvalue weighted by Crippen LogP contribution is -2.45. The highest BCUT2D eigenvalue weighted by atomic mass is 16.5. The summed E-state index contributed by atoms with van der Waals surface area (Å²) < 4.78 is 10.7. The molecule has 2 amide bonds. The quantitative estimate of drug-likeness (QED) is 0.781. The normalized spacial score (nSPS) is 21.5. The smallest absolute Gasteiger partial charge is 0.254 e. The fraction of sp³-hybridized carbons (Fsp3) is 0.417. The summed E-state index contributed by atoms with van der Waals surface area (Å²) >= 11 is 0. The minimum Gasteiger partial charge on any atom is -0.497 e. The maximum absolute atomic E-state index is 13.4. The Kier molecular flexibility index (Phi) is 6.04. The van der Waals surface area contributed by atoms with E-state index in [9.17, 15) is 9.59 Å². The Labute approximate surface area is 177 Å². The van der Waals surface area contributed by atoms with Crippen LogP contribution < -0.4 is 4.74 Å². The molecule has 2 aromatic carbocycles. The number of hydrogen-bond acceptors (Lipinski definition) is 4. The van der Waals surface area contributed by atoms with Crippen LogP contribution in [0.5, 0.6) is 5.75 Å². The van der Waals surface area contributed by atoms with Crippen molar-refractivity contribution in [3.8, 4) is 5.75 Å². The monoisotopic (exact) mass is 408 g/mol. The van der Waals surface area contributed by atoms with E-state index in [2.05, 4.69) is 19.1 Å². The van der Waals surface area contributed by atoms with E-state index in [1.54, 1.807) is 19.2 Å². The fourth-order valence-corrected chi connectivity index (χ4v) is 4.49. The molecule has 2 aromatic rings. The molecule has 158 valence electrons. The third-order valence-electron chi connectivity index (χ3n) is 6.15. The molecule has 0 N–H and O–H groups in total. The second-order valence-electron chi connectivity index (χ2n) is 7.95. The Balaban J connectivity index is 1.62. The number of carbonyl (C=O) groups is 2. The summed E-state index contributed by atoms with van der Waals surface area (Å²) in [6.45, 7) is 5.38. The molecule has 0 aliphatic carbocycles. The number of morpholine rings is 1. The minimum atomic E-state index is -0.251. The Morgan fingerprint density at radius 1 is 1.00 bits per heavy atom. The van der Waals surface area contributed by atoms with Crippen LogP contribution >= 0.6 is 0 Å². The summed E-state index contributed by atoms with van der Waals surface area (Å²) in [5.41, 5.74) is 2.88. The number of benzene rings is 2. The van der Waals surface area contributed by atoms with Gasteiger partial charge in [-0.2, -0.15) is 0 Å². The average Bonchev–Trinajstić information content (AvgIpc) is 3.24. The molecule has 2 aliphatic heterocycles. The van der Waals surface area contributed by atoms with Crippen molar-refractivity contribution in [1.82, 2.24) is 9.80 Å². The molecule has 0 spiro atoms. The SMILES string of the molecule is COc1cccc(C(=O)N2C[C@@H](C(=O)N3CCOCC3)[C@H](c3ccccc3C)C2)c1. The van der Waals surface area contributed by atoms with Crippen LogP contribution in [0.25, 0.3) is 0 Å². The Bertz CT molecular complexity index is 923. The number of carbonyl (C=O) groups excluding carboxylic acids is 2. The van der Waals surface area contributed by atoms with Crippen LogP contribution in [0.2, 0.25) is 0 Å². The zero-order valence-corrected chi connectivity index (χ0v) is 17.5. The summed E-state index contributed by atoms with van der Waals surface area (Å²) in [5.74, 6) is 0.434. The van der Waals surface area contributed by atoms with Gasteiger partial charge in [0.05, 0.1) is 26.2 Å². The molecule has 2 atom stereocenters. The lowest BCUT2D eigenvalue weighted by atomic mass is 9.85. The molecule has 2 heterocycles. The topological polar surface area (TPSA) is 59.1 Å². The van der Waals surface area contributed by atoms with Gasteiger partial charge in [0.1, 0.15) is 5.75 Å². The van der Waals surface area contributed by atoms with E-state index < -0.39 is 0 Å². The van der Waals surface area contributed by atoms with Crippen molar-refractivity contribution in [3.05, 3.63) is 65.2 Å². The first-order chi connectivity index (χ1) is 14.6. The van der Waals surface area contributed by atoms with Gasteiger partial charge in [-0.3, -0.25) is 9.59 Å². The molecule has 4 rings (SSSR count). The van der Waals surface area contributed by atoms with Crippen LogP contribution in [0.1, 0.15) is 27.4 Å². The molecular formula is C24H28N2O4. The van der Waals surface area contributed by atoms with Gasteiger partial charge >= 0.3 is 0 Å². The van der Waals surface area contributed by atoms with Gasteiger partial charge < -0.3 is 19.3 Å². The van der Waals surface area contributed by atoms with E-state index in [1.165, 1.54) is 0 Å². The van der Waals surface area contributed by atoms with E-state index >= 15 is 0 Å². The summed E-state index contributed by atoms with van der Waals surface area (Å²) in [5, 5.41) is 0. The van der Waals surface area contributed by atoms with Crippen molar-refractivity contribution < 1.29 is 19.1 Å². The number of methoxy groups -OCH3 is 1. The molecular weight excluding hydrogens is 380 g/mol. The minimum absolute atomic E-state index is 0.0175. The maximum Gasteiger partial charge on any atom is 0.254 e. The molecule has 2 fully saturated rings. The third kappa shape index (κ3) is 4.05. The van der Waals surface area contributed by atoms with Gasteiger partial charge in [0.25, 0.3) is 5.91 Å². The van der Waals surface area contributed by atoms with Crippen molar-refractivity contribution in [3.63, 3.8) is 0 Å². The van der Waals surface area contributed by atoms with Crippen LogP contribution in [0, 0.1) is 12.8 Å². The summed E-state index contributed by atoms with van der Waals surface area (Å²) in [6.07, 6.45) is 0. The van der Waals surface area contributed by atoms with Crippen molar-refractivity contribution in [1.29, 1.82) is 0 Å². The molecule has 6 heteroatoms. The molecule has 2 aliphatic rings. The van der Waals surface area contributed by atoms with Gasteiger partial charge in [-0.1, -0.05) is 30.3 Å². The van der Waals surface area contributed by atoms with Gasteiger partial charge in [-0.15, -0.1) is 0 Å². The first-order valence-corrected chi connectivity index (χ1v) is 10.4. The Hall–Kier alpha value is -2.86. The Morgan fingerprint density at radius 2 is 1.77 bits per heavy atom. The first kappa shape index (κ1) is 20.4. The highest BCUT2D eigenvalue weighted by Gasteiger charge is 2.42. The van der Waals surface area contributed by atoms with E-state index in [0.717, 1.165) is 11.1 Å². The van der Waals surface area contributed by atoms with Crippen LogP contribution in [0.15, 0.2) is 48.5 Å². The van der Waals surface area contributed by atoms with Crippen LogP contribution in [0.3, 0.4) is 0 Å². The number of hydrogen-bond donors (Lipinski definition) is 0. The summed E-state index contributed by atoms with van der Waals surface area (Å²) in [6, 6.07) is 15.3. The summed E-state index contributed by atoms with van der Waals surface area (Å²) in [7, 11) is 1.59. The molecule has 2 saturated heterocycles. The molecule has 0 unspecified atom stereocenters. The van der Waals surface area contributed by atoms with E-state index in [-0.39, 0.29) is 23.7 Å². The number of ether oxygens (including phenoxy) is 2. The average molecular weight is 408 g/mol. The molecule has 0 radical (unpaired) electrons. The zero-order chi connectivity index (χ0) is 21.1. The second kappa shape index (κ2) is 8.88. The number of rotatable bonds is 4. The number of amides is 2. The van der Waals surface area contributed by atoms with Gasteiger partial charge in [-0.05, 0) is 36.2 Å². The van der Waals surface area contributed by atoms with Gasteiger partial charge in [0.15, 0.2) is 0 Å². The third-order valence-corrected chi connectivity index (χ3v) is 6.15. The van der Waals surface area contributed by atoms with Crippen LogP contribution in [0.4, 0.5) is 0 Å². The number of nitrogens with zero attached hydrogens (tertiary/aromatic N) is 2. The standard InChI is InChI=1S/C24H28N2O4/c1-17-6-3-4-9-20(17)21-15-26(23(27)18-7-5-8-19(14-18)29-2)16-22(21)24(28)25-10-12-30-13-11-25/h3-9,14,21-22H,10-13,15-16H2,1-2H3/t21-,22+/m0/s1. The van der Waals surface area contributed by atoms with Crippen molar-refractivity contribution in [2.24, 2.45) is 5.92 Å². The fourth-order valence-electron chi connectivity index (χ4n) is 4.49. The Morgan fingerprint density at radius 3 is 2.50 bits per heavy atom. The van der Waals surface area contributed by atoms with Gasteiger partial charge in [0, 0.05) is 37.7 Å². The molecule has 0 aromatic heterocycles. The van der Waals surface area contributed by atoms with Crippen LogP contribution in [-0.2, 0) is 9.53 Å². The largest absolute Gasteiger partial charge is 0.497 e. The number of aryl methyl sites for hydroxylation is 1. The lowest BCUT2D eigenvalue weighted by Gasteiger charge is -2.31. The second-order valence-corrected chi connectivity index (χ2v) is 7.95. The first-order valence-electron chi connectivity index (χ1n) is 10.4. The maximum atomic E-state index is 13.4. The van der Waals surface area contributed by atoms with Gasteiger partial charge in [0.2, 0.25) is 5.91 Å². The van der Waals surface area contributed by atoms with Crippen LogP contribution in [-0.4, -0.2) is 68.1 Å². The number of likely N-dealkylation sites (tertiary alicyclic amines) is 1. The summed E-state index contributed by atoms with van der Waals surface area (Å²) in [4.78, 5) is 30.4. The van der Waals surface area contributed by atoms with E-state index in [1.807, 2.05) is 34.1 Å². The van der Waals surface area contributed by atoms with Gasteiger partial charge in [-0.25, -0.2) is 0 Å². The van der Waals surface area contributed by atoms with E-state index in [0.29, 0.717) is 50.7 Å². The molecule has 30 heavy (non-hydrogen) atoms. The van der Waals surface area contributed by atoms with Crippen molar-refractivity contribution in [2.75, 3.05) is 46.5 Å². The van der Waals surface area contributed by atoms with E-state index in [4.69, 9.17) is 9.47 Å².